The molecule has 0 unspecified atom stereocenters. The van der Waals surface area contributed by atoms with Crippen LogP contribution < -0.4 is 0 Å². The summed E-state index contributed by atoms with van der Waals surface area (Å²) in [4.78, 5) is 8.73. The molecule has 3 aromatic heterocycles. The third-order valence-corrected chi connectivity index (χ3v) is 7.89. The van der Waals surface area contributed by atoms with Crippen LogP contribution in [-0.4, -0.2) is 52.4 Å². The van der Waals surface area contributed by atoms with E-state index in [0.717, 1.165) is 22.6 Å². The number of nitrogens with zero attached hydrogens (tertiary/aromatic N) is 4. The van der Waals surface area contributed by atoms with E-state index in [9.17, 15) is 8.42 Å². The second-order valence-corrected chi connectivity index (χ2v) is 10.1. The second kappa shape index (κ2) is 7.53. The first kappa shape index (κ1) is 19.3. The maximum Gasteiger partial charge on any atom is 0.294 e. The van der Waals surface area contributed by atoms with E-state index < -0.39 is 10.0 Å². The van der Waals surface area contributed by atoms with Gasteiger partial charge in [-0.05, 0) is 37.3 Å². The summed E-state index contributed by atoms with van der Waals surface area (Å²) < 4.78 is 38.9. The number of fused-ring (bicyclic) bond motifs is 1. The maximum atomic E-state index is 13.0. The molecule has 5 rings (SSSR count). The molecule has 0 atom stereocenters. The molecule has 0 N–H and O–H groups in total. The molecule has 1 saturated heterocycles. The molecule has 0 spiro atoms. The Balaban J connectivity index is 1.53. The molecule has 10 heteroatoms. The van der Waals surface area contributed by atoms with Crippen molar-refractivity contribution in [1.29, 1.82) is 0 Å². The lowest BCUT2D eigenvalue weighted by Gasteiger charge is -2.25. The van der Waals surface area contributed by atoms with Crippen LogP contribution in [0.4, 0.5) is 0 Å². The Labute approximate surface area is 177 Å². The summed E-state index contributed by atoms with van der Waals surface area (Å²) in [7, 11) is -3.54. The summed E-state index contributed by atoms with van der Waals surface area (Å²) in [5.74, 6) is 2.69. The highest BCUT2D eigenvalue weighted by Gasteiger charge is 2.27. The van der Waals surface area contributed by atoms with Gasteiger partial charge in [0.25, 0.3) is 5.89 Å². The average Bonchev–Trinajstić information content (AvgIpc) is 3.40. The monoisotopic (exact) mass is 442 g/mol. The van der Waals surface area contributed by atoms with Crippen LogP contribution in [0.15, 0.2) is 56.6 Å². The zero-order valence-corrected chi connectivity index (χ0v) is 17.7. The van der Waals surface area contributed by atoms with Gasteiger partial charge in [-0.15, -0.1) is 0 Å². The van der Waals surface area contributed by atoms with E-state index in [1.54, 1.807) is 52.7 Å². The number of aromatic nitrogens is 3. The van der Waals surface area contributed by atoms with Crippen molar-refractivity contribution in [1.82, 2.24) is 19.4 Å². The number of sulfonamides is 1. The fourth-order valence-electron chi connectivity index (χ4n) is 3.43. The molecule has 0 amide bonds. The molecule has 0 radical (unpaired) electrons. The molecule has 1 aromatic carbocycles. The second-order valence-electron chi connectivity index (χ2n) is 6.90. The van der Waals surface area contributed by atoms with Gasteiger partial charge in [0.2, 0.25) is 15.8 Å². The van der Waals surface area contributed by atoms with Gasteiger partial charge in [-0.3, -0.25) is 4.98 Å². The lowest BCUT2D eigenvalue weighted by molar-refractivity contribution is 0.419. The van der Waals surface area contributed by atoms with Crippen molar-refractivity contribution in [2.45, 2.75) is 11.8 Å². The molecule has 1 aliphatic heterocycles. The molecule has 1 fully saturated rings. The van der Waals surface area contributed by atoms with E-state index >= 15 is 0 Å². The first-order chi connectivity index (χ1) is 14.5. The van der Waals surface area contributed by atoms with Crippen molar-refractivity contribution in [2.75, 3.05) is 24.6 Å². The molecule has 4 aromatic rings. The first-order valence-electron chi connectivity index (χ1n) is 9.39. The zero-order valence-electron chi connectivity index (χ0n) is 16.1. The molecule has 0 saturated carbocycles. The lowest BCUT2D eigenvalue weighted by Crippen LogP contribution is -2.37. The topological polar surface area (TPSA) is 102 Å². The first-order valence-corrected chi connectivity index (χ1v) is 12.0. The summed E-state index contributed by atoms with van der Waals surface area (Å²) in [5, 5.41) is 4.71. The number of thioether (sulfide) groups is 1. The quantitative estimate of drug-likeness (QED) is 0.472. The van der Waals surface area contributed by atoms with Crippen molar-refractivity contribution in [3.8, 4) is 23.0 Å². The minimum atomic E-state index is -3.54. The number of furan rings is 1. The van der Waals surface area contributed by atoms with Gasteiger partial charge in [0, 0.05) is 53.5 Å². The largest absolute Gasteiger partial charge is 0.451 e. The number of pyridine rings is 1. The number of rotatable bonds is 4. The summed E-state index contributed by atoms with van der Waals surface area (Å²) in [6.07, 6.45) is 3.32. The fourth-order valence-corrected chi connectivity index (χ4v) is 6.03. The van der Waals surface area contributed by atoms with E-state index in [-0.39, 0.29) is 10.8 Å². The summed E-state index contributed by atoms with van der Waals surface area (Å²) in [6.45, 7) is 2.91. The minimum absolute atomic E-state index is 0.236. The van der Waals surface area contributed by atoms with Crippen LogP contribution in [0.3, 0.4) is 0 Å². The van der Waals surface area contributed by atoms with Gasteiger partial charge in [0.1, 0.15) is 5.58 Å². The van der Waals surface area contributed by atoms with Gasteiger partial charge in [-0.2, -0.15) is 21.1 Å². The number of hydrogen-bond acceptors (Lipinski definition) is 8. The lowest BCUT2D eigenvalue weighted by atomic mass is 10.1. The average molecular weight is 443 g/mol. The highest BCUT2D eigenvalue weighted by molar-refractivity contribution is 7.99. The van der Waals surface area contributed by atoms with Gasteiger partial charge in [-0.1, -0.05) is 5.16 Å². The molecule has 1 aliphatic rings. The third kappa shape index (κ3) is 3.30. The molecule has 8 nitrogen and oxygen atoms in total. The van der Waals surface area contributed by atoms with E-state index in [0.29, 0.717) is 35.6 Å². The predicted octanol–water partition coefficient (Wildman–Crippen LogP) is 3.59. The van der Waals surface area contributed by atoms with Crippen molar-refractivity contribution in [2.24, 2.45) is 0 Å². The Morgan fingerprint density at radius 2 is 2.00 bits per heavy atom. The van der Waals surface area contributed by atoms with Gasteiger partial charge in [0.15, 0.2) is 5.76 Å². The Morgan fingerprint density at radius 3 is 2.77 bits per heavy atom. The summed E-state index contributed by atoms with van der Waals surface area (Å²) >= 11 is 1.77. The van der Waals surface area contributed by atoms with E-state index in [2.05, 4.69) is 15.1 Å². The van der Waals surface area contributed by atoms with E-state index in [1.165, 1.54) is 0 Å². The standard InChI is InChI=1S/C20H18N4O4S2/c1-13-16-11-15(30(25,26)24-7-9-29-10-8-24)4-5-17(16)27-18(13)20-22-19(23-28-20)14-3-2-6-21-12-14/h2-6,11-12H,7-10H2,1H3. The summed E-state index contributed by atoms with van der Waals surface area (Å²) in [6, 6.07) is 8.55. The molecule has 0 aliphatic carbocycles. The molecule has 0 bridgehead atoms. The van der Waals surface area contributed by atoms with Crippen LogP contribution in [0.5, 0.6) is 0 Å². The Hall–Kier alpha value is -2.69. The third-order valence-electron chi connectivity index (χ3n) is 5.06. The normalized spacial score (nSPS) is 15.6. The fraction of sp³-hybridized carbons (Fsp3) is 0.250. The van der Waals surface area contributed by atoms with Crippen molar-refractivity contribution >= 4 is 32.8 Å². The highest BCUT2D eigenvalue weighted by atomic mass is 32.2. The number of benzene rings is 1. The highest BCUT2D eigenvalue weighted by Crippen LogP contribution is 2.35. The SMILES string of the molecule is Cc1c(-c2nc(-c3cccnc3)no2)oc2ccc(S(=O)(=O)N3CCSCC3)cc12. The van der Waals surface area contributed by atoms with E-state index in [4.69, 9.17) is 8.94 Å². The minimum Gasteiger partial charge on any atom is -0.451 e. The number of hydrogen-bond donors (Lipinski definition) is 0. The molecular formula is C20H18N4O4S2. The smallest absolute Gasteiger partial charge is 0.294 e. The van der Waals surface area contributed by atoms with E-state index in [1.807, 2.05) is 13.0 Å². The van der Waals surface area contributed by atoms with Crippen LogP contribution in [0.2, 0.25) is 0 Å². The Kier molecular flexibility index (Phi) is 4.84. The molecule has 30 heavy (non-hydrogen) atoms. The Morgan fingerprint density at radius 1 is 1.17 bits per heavy atom. The number of aryl methyl sites for hydroxylation is 1. The van der Waals surface area contributed by atoms with Crippen LogP contribution in [0.25, 0.3) is 34.0 Å². The van der Waals surface area contributed by atoms with Gasteiger partial charge in [-0.25, -0.2) is 8.42 Å². The van der Waals surface area contributed by atoms with Crippen molar-refractivity contribution in [3.63, 3.8) is 0 Å². The van der Waals surface area contributed by atoms with Crippen LogP contribution >= 0.6 is 11.8 Å². The van der Waals surface area contributed by atoms with Crippen molar-refractivity contribution < 1.29 is 17.4 Å². The summed E-state index contributed by atoms with van der Waals surface area (Å²) in [5.41, 5.74) is 2.05. The Bertz CT molecular complexity index is 1310. The van der Waals surface area contributed by atoms with Crippen LogP contribution in [0.1, 0.15) is 5.56 Å². The van der Waals surface area contributed by atoms with Crippen LogP contribution in [0, 0.1) is 6.92 Å². The molecule has 4 heterocycles. The molecule has 154 valence electrons. The molecular weight excluding hydrogens is 424 g/mol. The maximum absolute atomic E-state index is 13.0. The van der Waals surface area contributed by atoms with Crippen molar-refractivity contribution in [3.05, 3.63) is 48.3 Å². The zero-order chi connectivity index (χ0) is 20.7. The predicted molar refractivity (Wildman–Crippen MR) is 114 cm³/mol. The van der Waals surface area contributed by atoms with Crippen LogP contribution in [-0.2, 0) is 10.0 Å². The van der Waals surface area contributed by atoms with Gasteiger partial charge < -0.3 is 8.94 Å². The van der Waals surface area contributed by atoms with Gasteiger partial charge in [0.05, 0.1) is 4.90 Å². The van der Waals surface area contributed by atoms with Gasteiger partial charge >= 0.3 is 0 Å².